The van der Waals surface area contributed by atoms with Crippen molar-refractivity contribution in [3.63, 3.8) is 0 Å². The number of fused-ring (bicyclic) bond motifs is 1. The number of rotatable bonds is 4. The van der Waals surface area contributed by atoms with Crippen LogP contribution in [0.25, 0.3) is 16.8 Å². The Morgan fingerprint density at radius 2 is 2.14 bits per heavy atom. The van der Waals surface area contributed by atoms with Gasteiger partial charge < -0.3 is 15.0 Å². The topological polar surface area (TPSA) is 74.5 Å². The van der Waals surface area contributed by atoms with Crippen LogP contribution >= 0.6 is 0 Å². The summed E-state index contributed by atoms with van der Waals surface area (Å²) >= 11 is 0. The summed E-state index contributed by atoms with van der Waals surface area (Å²) in [6, 6.07) is 9.37. The molecule has 1 aromatic carbocycles. The predicted molar refractivity (Wildman–Crippen MR) is 80.5 cm³/mol. The van der Waals surface area contributed by atoms with Crippen LogP contribution in [0, 0.1) is 0 Å². The highest BCUT2D eigenvalue weighted by Gasteiger charge is 2.09. The Morgan fingerprint density at radius 1 is 1.29 bits per heavy atom. The van der Waals surface area contributed by atoms with Crippen LogP contribution in [0.15, 0.2) is 47.5 Å². The number of nitrogens with two attached hydrogens (primary N) is 1. The van der Waals surface area contributed by atoms with Gasteiger partial charge in [0.15, 0.2) is 0 Å². The van der Waals surface area contributed by atoms with Gasteiger partial charge in [0.25, 0.3) is 5.56 Å². The molecule has 6 heteroatoms. The first-order valence-corrected chi connectivity index (χ1v) is 6.66. The van der Waals surface area contributed by atoms with Gasteiger partial charge in [0, 0.05) is 31.0 Å². The van der Waals surface area contributed by atoms with Crippen molar-refractivity contribution in [3.8, 4) is 17.0 Å². The standard InChI is InChI=1S/C15H16N4O2/c1-21-12-4-2-3-11(9-12)13-10-14-15(20)18(6-5-16)7-8-19(14)17-13/h2-4,7-10H,5-6,16H2,1H3. The van der Waals surface area contributed by atoms with Crippen LogP contribution in [0.1, 0.15) is 0 Å². The summed E-state index contributed by atoms with van der Waals surface area (Å²) in [6.45, 7) is 0.919. The average Bonchev–Trinajstić information content (AvgIpc) is 2.95. The lowest BCUT2D eigenvalue weighted by atomic mass is 10.1. The quantitative estimate of drug-likeness (QED) is 0.779. The minimum atomic E-state index is -0.0930. The SMILES string of the molecule is COc1cccc(-c2cc3c(=O)n(CCN)ccn3n2)c1. The molecule has 2 heterocycles. The number of benzene rings is 1. The minimum Gasteiger partial charge on any atom is -0.497 e. The van der Waals surface area contributed by atoms with E-state index in [-0.39, 0.29) is 5.56 Å². The Kier molecular flexibility index (Phi) is 3.45. The number of hydrogen-bond donors (Lipinski definition) is 1. The number of hydrogen-bond acceptors (Lipinski definition) is 4. The monoisotopic (exact) mass is 284 g/mol. The zero-order valence-corrected chi connectivity index (χ0v) is 11.7. The summed E-state index contributed by atoms with van der Waals surface area (Å²) in [5.74, 6) is 0.755. The second kappa shape index (κ2) is 5.41. The molecule has 0 aliphatic carbocycles. The molecular weight excluding hydrogens is 268 g/mol. The van der Waals surface area contributed by atoms with Crippen molar-refractivity contribution < 1.29 is 4.74 Å². The molecule has 21 heavy (non-hydrogen) atoms. The molecule has 3 rings (SSSR count). The van der Waals surface area contributed by atoms with E-state index in [1.54, 1.807) is 34.7 Å². The molecule has 0 fully saturated rings. The Balaban J connectivity index is 2.12. The van der Waals surface area contributed by atoms with E-state index < -0.39 is 0 Å². The van der Waals surface area contributed by atoms with E-state index in [0.717, 1.165) is 17.0 Å². The van der Waals surface area contributed by atoms with Crippen LogP contribution in [0.4, 0.5) is 0 Å². The molecule has 2 N–H and O–H groups in total. The van der Waals surface area contributed by atoms with Crippen molar-refractivity contribution in [2.75, 3.05) is 13.7 Å². The van der Waals surface area contributed by atoms with Gasteiger partial charge in [-0.25, -0.2) is 4.52 Å². The maximum absolute atomic E-state index is 12.3. The van der Waals surface area contributed by atoms with Crippen LogP contribution in [0.5, 0.6) is 5.75 Å². The highest BCUT2D eigenvalue weighted by molar-refractivity contribution is 5.66. The summed E-state index contributed by atoms with van der Waals surface area (Å²) < 4.78 is 8.39. The summed E-state index contributed by atoms with van der Waals surface area (Å²) in [6.07, 6.45) is 3.46. The Hall–Kier alpha value is -2.60. The van der Waals surface area contributed by atoms with E-state index in [1.807, 2.05) is 24.3 Å². The van der Waals surface area contributed by atoms with Crippen molar-refractivity contribution in [2.45, 2.75) is 6.54 Å². The van der Waals surface area contributed by atoms with Gasteiger partial charge in [0.05, 0.1) is 12.8 Å². The number of nitrogens with zero attached hydrogens (tertiary/aromatic N) is 3. The molecule has 3 aromatic rings. The van der Waals surface area contributed by atoms with Crippen molar-refractivity contribution >= 4 is 5.52 Å². The van der Waals surface area contributed by atoms with E-state index in [0.29, 0.717) is 18.6 Å². The van der Waals surface area contributed by atoms with Gasteiger partial charge >= 0.3 is 0 Å². The maximum Gasteiger partial charge on any atom is 0.276 e. The first-order chi connectivity index (χ1) is 10.2. The number of aromatic nitrogens is 3. The smallest absolute Gasteiger partial charge is 0.276 e. The molecule has 0 atom stereocenters. The second-order valence-electron chi connectivity index (χ2n) is 4.68. The van der Waals surface area contributed by atoms with Crippen molar-refractivity contribution in [1.82, 2.24) is 14.2 Å². The van der Waals surface area contributed by atoms with E-state index in [1.165, 1.54) is 0 Å². The van der Waals surface area contributed by atoms with E-state index in [9.17, 15) is 4.79 Å². The van der Waals surface area contributed by atoms with E-state index in [2.05, 4.69) is 5.10 Å². The molecule has 0 saturated carbocycles. The lowest BCUT2D eigenvalue weighted by Crippen LogP contribution is -2.24. The highest BCUT2D eigenvalue weighted by Crippen LogP contribution is 2.22. The van der Waals surface area contributed by atoms with Crippen LogP contribution < -0.4 is 16.0 Å². The largest absolute Gasteiger partial charge is 0.497 e. The van der Waals surface area contributed by atoms with Gasteiger partial charge in [-0.1, -0.05) is 12.1 Å². The molecule has 0 amide bonds. The van der Waals surface area contributed by atoms with Gasteiger partial charge in [0.1, 0.15) is 11.3 Å². The normalized spacial score (nSPS) is 11.0. The summed E-state index contributed by atoms with van der Waals surface area (Å²) in [4.78, 5) is 12.3. The predicted octanol–water partition coefficient (Wildman–Crippen LogP) is 1.13. The van der Waals surface area contributed by atoms with Crippen molar-refractivity contribution in [1.29, 1.82) is 0 Å². The molecule has 0 radical (unpaired) electrons. The van der Waals surface area contributed by atoms with Gasteiger partial charge in [-0.05, 0) is 18.2 Å². The van der Waals surface area contributed by atoms with E-state index in [4.69, 9.17) is 10.5 Å². The third-order valence-electron chi connectivity index (χ3n) is 3.34. The van der Waals surface area contributed by atoms with Gasteiger partial charge in [-0.15, -0.1) is 0 Å². The average molecular weight is 284 g/mol. The summed E-state index contributed by atoms with van der Waals surface area (Å²) in [7, 11) is 1.62. The van der Waals surface area contributed by atoms with Gasteiger partial charge in [0.2, 0.25) is 0 Å². The van der Waals surface area contributed by atoms with Crippen molar-refractivity contribution in [2.24, 2.45) is 5.73 Å². The summed E-state index contributed by atoms with van der Waals surface area (Å²) in [5, 5.41) is 4.44. The molecule has 6 nitrogen and oxygen atoms in total. The zero-order valence-electron chi connectivity index (χ0n) is 11.7. The lowest BCUT2D eigenvalue weighted by Gasteiger charge is -2.02. The molecule has 0 bridgehead atoms. The Labute approximate surface area is 121 Å². The highest BCUT2D eigenvalue weighted by atomic mass is 16.5. The molecular formula is C15H16N4O2. The third-order valence-corrected chi connectivity index (χ3v) is 3.34. The molecule has 0 aliphatic rings. The molecule has 108 valence electrons. The molecule has 2 aromatic heterocycles. The molecule has 0 saturated heterocycles. The fourth-order valence-corrected chi connectivity index (χ4v) is 2.26. The van der Waals surface area contributed by atoms with Gasteiger partial charge in [-0.3, -0.25) is 4.79 Å². The van der Waals surface area contributed by atoms with E-state index >= 15 is 0 Å². The summed E-state index contributed by atoms with van der Waals surface area (Å²) in [5.41, 5.74) is 7.58. The second-order valence-corrected chi connectivity index (χ2v) is 4.68. The number of ether oxygens (including phenoxy) is 1. The molecule has 0 spiro atoms. The van der Waals surface area contributed by atoms with Crippen LogP contribution in [0.3, 0.4) is 0 Å². The van der Waals surface area contributed by atoms with Crippen LogP contribution in [-0.4, -0.2) is 27.8 Å². The molecule has 0 aliphatic heterocycles. The fourth-order valence-electron chi connectivity index (χ4n) is 2.26. The first kappa shape index (κ1) is 13.4. The minimum absolute atomic E-state index is 0.0930. The maximum atomic E-state index is 12.3. The number of methoxy groups -OCH3 is 1. The molecule has 0 unspecified atom stereocenters. The van der Waals surface area contributed by atoms with Crippen molar-refractivity contribution in [3.05, 3.63) is 53.1 Å². The fraction of sp³-hybridized carbons (Fsp3) is 0.200. The zero-order chi connectivity index (χ0) is 14.8. The lowest BCUT2D eigenvalue weighted by molar-refractivity contribution is 0.415. The van der Waals surface area contributed by atoms with Crippen LogP contribution in [-0.2, 0) is 6.54 Å². The van der Waals surface area contributed by atoms with Crippen LogP contribution in [0.2, 0.25) is 0 Å². The Morgan fingerprint density at radius 3 is 2.90 bits per heavy atom. The third kappa shape index (κ3) is 2.41. The Bertz CT molecular complexity index is 835. The van der Waals surface area contributed by atoms with Gasteiger partial charge in [-0.2, -0.15) is 5.10 Å². The first-order valence-electron chi connectivity index (χ1n) is 6.66.